The molecule has 0 heterocycles. The van der Waals surface area contributed by atoms with E-state index in [-0.39, 0.29) is 6.42 Å². The fourth-order valence-electron chi connectivity index (χ4n) is 2.61. The van der Waals surface area contributed by atoms with Crippen LogP contribution in [0.25, 0.3) is 0 Å². The molecular formula is C19H18F3NO3. The van der Waals surface area contributed by atoms with Crippen LogP contribution in [0.4, 0.5) is 13.2 Å². The van der Waals surface area contributed by atoms with E-state index in [1.54, 1.807) is 12.1 Å². The van der Waals surface area contributed by atoms with Crippen molar-refractivity contribution >= 4 is 11.9 Å². The molecule has 2 N–H and O–H groups in total. The molecule has 138 valence electrons. The van der Waals surface area contributed by atoms with Gasteiger partial charge >= 0.3 is 12.1 Å². The summed E-state index contributed by atoms with van der Waals surface area (Å²) >= 11 is 0. The summed E-state index contributed by atoms with van der Waals surface area (Å²) in [5, 5.41) is 11.7. The first-order chi connectivity index (χ1) is 12.1. The molecule has 2 rings (SSSR count). The molecule has 0 aliphatic rings. The Labute approximate surface area is 148 Å². The van der Waals surface area contributed by atoms with Gasteiger partial charge in [-0.15, -0.1) is 0 Å². The molecule has 1 atom stereocenters. The van der Waals surface area contributed by atoms with Crippen LogP contribution in [0.3, 0.4) is 0 Å². The summed E-state index contributed by atoms with van der Waals surface area (Å²) in [5.74, 6) is -1.81. The molecule has 0 aliphatic carbocycles. The number of carboxylic acid groups (broad SMARTS) is 1. The second-order valence-electron chi connectivity index (χ2n) is 6.14. The summed E-state index contributed by atoms with van der Waals surface area (Å²) in [6, 6.07) is 8.11. The molecule has 0 bridgehead atoms. The molecule has 2 aromatic rings. The van der Waals surface area contributed by atoms with Crippen LogP contribution in [-0.4, -0.2) is 23.0 Å². The van der Waals surface area contributed by atoms with Crippen LogP contribution in [0.2, 0.25) is 0 Å². The van der Waals surface area contributed by atoms with Gasteiger partial charge in [0.25, 0.3) is 5.91 Å². The maximum absolute atomic E-state index is 12.6. The Kier molecular flexibility index (Phi) is 5.69. The standard InChI is InChI=1S/C19H18F3NO3/c1-11-7-12(2)9-14(8-11)17(24)23-16(18(25)26)10-13-3-5-15(6-4-13)19(20,21)22/h3-9,16H,10H2,1-2H3,(H,23,24)(H,25,26)/t16-/m1/s1. The second-order valence-corrected chi connectivity index (χ2v) is 6.14. The Bertz CT molecular complexity index is 794. The first-order valence-electron chi connectivity index (χ1n) is 7.84. The van der Waals surface area contributed by atoms with Crippen LogP contribution < -0.4 is 5.32 Å². The molecule has 2 aromatic carbocycles. The molecule has 0 unspecified atom stereocenters. The molecule has 26 heavy (non-hydrogen) atoms. The van der Waals surface area contributed by atoms with Gasteiger partial charge in [-0.25, -0.2) is 4.79 Å². The van der Waals surface area contributed by atoms with Crippen molar-refractivity contribution in [3.05, 3.63) is 70.3 Å². The van der Waals surface area contributed by atoms with Gasteiger partial charge in [-0.3, -0.25) is 4.79 Å². The highest BCUT2D eigenvalue weighted by atomic mass is 19.4. The van der Waals surface area contributed by atoms with Gasteiger partial charge in [0, 0.05) is 12.0 Å². The van der Waals surface area contributed by atoms with Crippen LogP contribution in [0.1, 0.15) is 32.6 Å². The van der Waals surface area contributed by atoms with Crippen molar-refractivity contribution in [3.8, 4) is 0 Å². The van der Waals surface area contributed by atoms with Crippen molar-refractivity contribution < 1.29 is 27.9 Å². The first-order valence-corrected chi connectivity index (χ1v) is 7.84. The average molecular weight is 365 g/mol. The van der Waals surface area contributed by atoms with Crippen molar-refractivity contribution in [3.63, 3.8) is 0 Å². The fourth-order valence-corrected chi connectivity index (χ4v) is 2.61. The van der Waals surface area contributed by atoms with E-state index >= 15 is 0 Å². The lowest BCUT2D eigenvalue weighted by Crippen LogP contribution is -2.42. The van der Waals surface area contributed by atoms with Crippen molar-refractivity contribution in [1.29, 1.82) is 0 Å². The second kappa shape index (κ2) is 7.59. The number of aliphatic carboxylic acids is 1. The van der Waals surface area contributed by atoms with Crippen molar-refractivity contribution in [1.82, 2.24) is 5.32 Å². The monoisotopic (exact) mass is 365 g/mol. The Hall–Kier alpha value is -2.83. The predicted octanol–water partition coefficient (Wildman–Crippen LogP) is 3.75. The normalized spacial score (nSPS) is 12.5. The van der Waals surface area contributed by atoms with E-state index in [4.69, 9.17) is 0 Å². The maximum atomic E-state index is 12.6. The van der Waals surface area contributed by atoms with Gasteiger partial charge in [-0.1, -0.05) is 29.3 Å². The van der Waals surface area contributed by atoms with Crippen LogP contribution in [0, 0.1) is 13.8 Å². The van der Waals surface area contributed by atoms with Crippen LogP contribution in [0.5, 0.6) is 0 Å². The molecule has 0 fully saturated rings. The topological polar surface area (TPSA) is 66.4 Å². The minimum atomic E-state index is -4.46. The van der Waals surface area contributed by atoms with Crippen LogP contribution in [0.15, 0.2) is 42.5 Å². The van der Waals surface area contributed by atoms with E-state index in [9.17, 15) is 27.9 Å². The van der Waals surface area contributed by atoms with E-state index in [0.29, 0.717) is 11.1 Å². The number of hydrogen-bond donors (Lipinski definition) is 2. The van der Waals surface area contributed by atoms with Crippen molar-refractivity contribution in [2.45, 2.75) is 32.5 Å². The summed E-state index contributed by atoms with van der Waals surface area (Å²) in [6.07, 6.45) is -4.58. The summed E-state index contributed by atoms with van der Waals surface area (Å²) < 4.78 is 37.8. The lowest BCUT2D eigenvalue weighted by atomic mass is 10.0. The number of carbonyl (C=O) groups is 2. The quantitative estimate of drug-likeness (QED) is 0.848. The summed E-state index contributed by atoms with van der Waals surface area (Å²) in [7, 11) is 0. The highest BCUT2D eigenvalue weighted by Crippen LogP contribution is 2.29. The molecule has 0 spiro atoms. The zero-order chi connectivity index (χ0) is 19.5. The largest absolute Gasteiger partial charge is 0.480 e. The fraction of sp³-hybridized carbons (Fsp3) is 0.263. The third-order valence-corrected chi connectivity index (χ3v) is 3.81. The van der Waals surface area contributed by atoms with Gasteiger partial charge in [-0.05, 0) is 43.7 Å². The van der Waals surface area contributed by atoms with Gasteiger partial charge in [0.05, 0.1) is 5.56 Å². The van der Waals surface area contributed by atoms with E-state index in [1.807, 2.05) is 19.9 Å². The summed E-state index contributed by atoms with van der Waals surface area (Å²) in [4.78, 5) is 23.8. The Morgan fingerprint density at radius 3 is 2.04 bits per heavy atom. The SMILES string of the molecule is Cc1cc(C)cc(C(=O)N[C@H](Cc2ccc(C(F)(F)F)cc2)C(=O)O)c1. The number of aryl methyl sites for hydroxylation is 2. The van der Waals surface area contributed by atoms with E-state index in [2.05, 4.69) is 5.32 Å². The first kappa shape index (κ1) is 19.5. The number of carboxylic acids is 1. The predicted molar refractivity (Wildman–Crippen MR) is 90.0 cm³/mol. The lowest BCUT2D eigenvalue weighted by molar-refractivity contribution is -0.139. The zero-order valence-electron chi connectivity index (χ0n) is 14.2. The van der Waals surface area contributed by atoms with Gasteiger partial charge < -0.3 is 10.4 Å². The number of nitrogens with one attached hydrogen (secondary N) is 1. The van der Waals surface area contributed by atoms with Crippen molar-refractivity contribution in [2.24, 2.45) is 0 Å². The smallest absolute Gasteiger partial charge is 0.416 e. The van der Waals surface area contributed by atoms with Gasteiger partial charge in [0.15, 0.2) is 0 Å². The minimum Gasteiger partial charge on any atom is -0.480 e. The third kappa shape index (κ3) is 5.08. The number of alkyl halides is 3. The Balaban J connectivity index is 2.14. The molecule has 0 saturated heterocycles. The highest BCUT2D eigenvalue weighted by Gasteiger charge is 2.30. The molecule has 4 nitrogen and oxygen atoms in total. The number of benzene rings is 2. The molecule has 0 aromatic heterocycles. The average Bonchev–Trinajstić information content (AvgIpc) is 2.52. The summed E-state index contributed by atoms with van der Waals surface area (Å²) in [6.45, 7) is 3.64. The molecule has 1 amide bonds. The third-order valence-electron chi connectivity index (χ3n) is 3.81. The molecule has 7 heteroatoms. The minimum absolute atomic E-state index is 0.121. The number of halogens is 3. The maximum Gasteiger partial charge on any atom is 0.416 e. The molecule has 0 aliphatic heterocycles. The zero-order valence-corrected chi connectivity index (χ0v) is 14.2. The van der Waals surface area contributed by atoms with Crippen LogP contribution >= 0.6 is 0 Å². The van der Waals surface area contributed by atoms with Gasteiger partial charge in [-0.2, -0.15) is 13.2 Å². The van der Waals surface area contributed by atoms with Crippen molar-refractivity contribution in [2.75, 3.05) is 0 Å². The molecular weight excluding hydrogens is 347 g/mol. The van der Waals surface area contributed by atoms with Gasteiger partial charge in [0.2, 0.25) is 0 Å². The molecule has 0 saturated carbocycles. The summed E-state index contributed by atoms with van der Waals surface area (Å²) in [5.41, 5.74) is 1.63. The van der Waals surface area contributed by atoms with E-state index < -0.39 is 29.7 Å². The number of carbonyl (C=O) groups excluding carboxylic acids is 1. The highest BCUT2D eigenvalue weighted by molar-refractivity contribution is 5.97. The van der Waals surface area contributed by atoms with E-state index in [0.717, 1.165) is 23.3 Å². The van der Waals surface area contributed by atoms with E-state index in [1.165, 1.54) is 12.1 Å². The number of hydrogen-bond acceptors (Lipinski definition) is 2. The number of rotatable bonds is 5. The Morgan fingerprint density at radius 2 is 1.58 bits per heavy atom. The Morgan fingerprint density at radius 1 is 1.04 bits per heavy atom. The molecule has 0 radical (unpaired) electrons. The lowest BCUT2D eigenvalue weighted by Gasteiger charge is -2.16. The number of amides is 1. The van der Waals surface area contributed by atoms with Gasteiger partial charge in [0.1, 0.15) is 6.04 Å². The van der Waals surface area contributed by atoms with Crippen LogP contribution in [-0.2, 0) is 17.4 Å².